The summed E-state index contributed by atoms with van der Waals surface area (Å²) in [6.45, 7) is 7.96. The van der Waals surface area contributed by atoms with Crippen LogP contribution in [0, 0.1) is 6.92 Å². The molecule has 1 aliphatic rings. The highest BCUT2D eigenvalue weighted by molar-refractivity contribution is 5.93. The van der Waals surface area contributed by atoms with E-state index in [2.05, 4.69) is 39.8 Å². The van der Waals surface area contributed by atoms with Crippen molar-refractivity contribution in [2.45, 2.75) is 39.3 Å². The van der Waals surface area contributed by atoms with Crippen LogP contribution < -0.4 is 10.6 Å². The van der Waals surface area contributed by atoms with Gasteiger partial charge in [-0.2, -0.15) is 0 Å². The molecule has 0 saturated carbocycles. The van der Waals surface area contributed by atoms with E-state index < -0.39 is 6.04 Å². The molecule has 1 saturated heterocycles. The van der Waals surface area contributed by atoms with E-state index in [4.69, 9.17) is 0 Å². The monoisotopic (exact) mass is 408 g/mol. The number of carbonyl (C=O) groups is 2. The molecule has 3 amide bonds. The topological polar surface area (TPSA) is 64.7 Å². The van der Waals surface area contributed by atoms with Crippen molar-refractivity contribution in [3.8, 4) is 0 Å². The molecule has 1 atom stereocenters. The quantitative estimate of drug-likeness (QED) is 0.735. The van der Waals surface area contributed by atoms with Gasteiger partial charge >= 0.3 is 6.03 Å². The molecule has 1 aliphatic heterocycles. The van der Waals surface area contributed by atoms with Gasteiger partial charge in [-0.3, -0.25) is 9.69 Å². The number of rotatable bonds is 7. The fourth-order valence-electron chi connectivity index (χ4n) is 3.78. The second kappa shape index (κ2) is 10.8. The molecule has 1 fully saturated rings. The minimum atomic E-state index is -0.500. The summed E-state index contributed by atoms with van der Waals surface area (Å²) in [5.41, 5.74) is 3.09. The minimum Gasteiger partial charge on any atom is -0.338 e. The van der Waals surface area contributed by atoms with Crippen molar-refractivity contribution in [1.82, 2.24) is 15.1 Å². The Balaban J connectivity index is 1.51. The second-order valence-corrected chi connectivity index (χ2v) is 7.90. The lowest BCUT2D eigenvalue weighted by molar-refractivity contribution is -0.135. The van der Waals surface area contributed by atoms with Gasteiger partial charge in [-0.1, -0.05) is 55.8 Å². The predicted molar refractivity (Wildman–Crippen MR) is 120 cm³/mol. The number of urea groups is 1. The Morgan fingerprint density at radius 3 is 2.40 bits per heavy atom. The Morgan fingerprint density at radius 2 is 1.73 bits per heavy atom. The molecule has 0 spiro atoms. The maximum Gasteiger partial charge on any atom is 0.319 e. The van der Waals surface area contributed by atoms with Gasteiger partial charge in [0.05, 0.1) is 0 Å². The van der Waals surface area contributed by atoms with Crippen LogP contribution in [0.4, 0.5) is 10.5 Å². The van der Waals surface area contributed by atoms with Crippen molar-refractivity contribution >= 4 is 17.6 Å². The first-order valence-corrected chi connectivity index (χ1v) is 10.7. The fourth-order valence-corrected chi connectivity index (χ4v) is 3.78. The van der Waals surface area contributed by atoms with Crippen LogP contribution in [0.25, 0.3) is 0 Å². The van der Waals surface area contributed by atoms with Crippen LogP contribution in [0.3, 0.4) is 0 Å². The number of nitrogens with one attached hydrogen (secondary N) is 2. The Labute approximate surface area is 179 Å². The highest BCUT2D eigenvalue weighted by Gasteiger charge is 2.28. The van der Waals surface area contributed by atoms with E-state index in [0.717, 1.165) is 37.3 Å². The summed E-state index contributed by atoms with van der Waals surface area (Å²) >= 11 is 0. The largest absolute Gasteiger partial charge is 0.338 e. The first kappa shape index (κ1) is 21.8. The minimum absolute atomic E-state index is 0.00982. The van der Waals surface area contributed by atoms with Gasteiger partial charge in [0.1, 0.15) is 6.04 Å². The Bertz CT molecular complexity index is 832. The predicted octanol–water partition coefficient (Wildman–Crippen LogP) is 3.63. The molecule has 3 rings (SSSR count). The average Bonchev–Trinajstić information content (AvgIpc) is 2.74. The van der Waals surface area contributed by atoms with E-state index in [0.29, 0.717) is 19.5 Å². The zero-order valence-corrected chi connectivity index (χ0v) is 17.9. The second-order valence-electron chi connectivity index (χ2n) is 7.90. The molecule has 2 aromatic carbocycles. The van der Waals surface area contributed by atoms with Gasteiger partial charge in [-0.05, 0) is 36.6 Å². The van der Waals surface area contributed by atoms with Crippen molar-refractivity contribution in [1.29, 1.82) is 0 Å². The lowest BCUT2D eigenvalue weighted by atomic mass is 10.1. The first-order chi connectivity index (χ1) is 14.5. The summed E-state index contributed by atoms with van der Waals surface area (Å²) in [5, 5.41) is 5.71. The van der Waals surface area contributed by atoms with E-state index in [-0.39, 0.29) is 11.9 Å². The SMILES string of the molecule is CCCC(NC(=O)Nc1cccc(C)c1)C(=O)N1CCN(Cc2ccccc2)CC1. The number of benzene rings is 2. The van der Waals surface area contributed by atoms with Crippen LogP contribution >= 0.6 is 0 Å². The van der Waals surface area contributed by atoms with Crippen molar-refractivity contribution in [2.75, 3.05) is 31.5 Å². The number of amides is 3. The van der Waals surface area contributed by atoms with Gasteiger partial charge in [0.25, 0.3) is 0 Å². The molecule has 1 unspecified atom stereocenters. The number of aryl methyl sites for hydroxylation is 1. The van der Waals surface area contributed by atoms with Crippen molar-refractivity contribution in [3.63, 3.8) is 0 Å². The van der Waals surface area contributed by atoms with Gasteiger partial charge in [-0.25, -0.2) is 4.79 Å². The molecule has 1 heterocycles. The Morgan fingerprint density at radius 1 is 1.00 bits per heavy atom. The van der Waals surface area contributed by atoms with Gasteiger partial charge in [0, 0.05) is 38.4 Å². The summed E-state index contributed by atoms with van der Waals surface area (Å²) in [4.78, 5) is 29.8. The molecule has 2 aromatic rings. The van der Waals surface area contributed by atoms with Crippen LogP contribution in [0.1, 0.15) is 30.9 Å². The van der Waals surface area contributed by atoms with Crippen LogP contribution in [-0.4, -0.2) is 54.0 Å². The zero-order valence-electron chi connectivity index (χ0n) is 17.9. The molecule has 30 heavy (non-hydrogen) atoms. The number of hydrogen-bond acceptors (Lipinski definition) is 3. The molecule has 160 valence electrons. The van der Waals surface area contributed by atoms with Gasteiger partial charge in [0.15, 0.2) is 0 Å². The molecule has 2 N–H and O–H groups in total. The van der Waals surface area contributed by atoms with Crippen LogP contribution in [0.15, 0.2) is 54.6 Å². The lowest BCUT2D eigenvalue weighted by Gasteiger charge is -2.36. The number of hydrogen-bond donors (Lipinski definition) is 2. The highest BCUT2D eigenvalue weighted by Crippen LogP contribution is 2.12. The van der Waals surface area contributed by atoms with E-state index >= 15 is 0 Å². The van der Waals surface area contributed by atoms with Gasteiger partial charge in [-0.15, -0.1) is 0 Å². The molecule has 6 heteroatoms. The van der Waals surface area contributed by atoms with E-state index in [1.165, 1.54) is 5.56 Å². The van der Waals surface area contributed by atoms with Gasteiger partial charge < -0.3 is 15.5 Å². The molecule has 0 bridgehead atoms. The van der Waals surface area contributed by atoms with Crippen molar-refractivity contribution in [3.05, 3.63) is 65.7 Å². The smallest absolute Gasteiger partial charge is 0.319 e. The van der Waals surface area contributed by atoms with Crippen LogP contribution in [0.2, 0.25) is 0 Å². The molecular weight excluding hydrogens is 376 g/mol. The number of nitrogens with zero attached hydrogens (tertiary/aromatic N) is 2. The summed E-state index contributed by atoms with van der Waals surface area (Å²) in [7, 11) is 0. The van der Waals surface area contributed by atoms with Gasteiger partial charge in [0.2, 0.25) is 5.91 Å². The van der Waals surface area contributed by atoms with Crippen molar-refractivity contribution in [2.24, 2.45) is 0 Å². The Kier molecular flexibility index (Phi) is 7.85. The molecule has 6 nitrogen and oxygen atoms in total. The third kappa shape index (κ3) is 6.32. The van der Waals surface area contributed by atoms with Crippen LogP contribution in [-0.2, 0) is 11.3 Å². The normalized spacial score (nSPS) is 15.5. The van der Waals surface area contributed by atoms with E-state index in [1.807, 2.05) is 49.1 Å². The zero-order chi connectivity index (χ0) is 21.3. The molecule has 0 radical (unpaired) electrons. The maximum atomic E-state index is 13.1. The van der Waals surface area contributed by atoms with E-state index in [9.17, 15) is 9.59 Å². The average molecular weight is 409 g/mol. The number of carbonyl (C=O) groups excluding carboxylic acids is 2. The summed E-state index contributed by atoms with van der Waals surface area (Å²) in [6.07, 6.45) is 1.46. The summed E-state index contributed by atoms with van der Waals surface area (Å²) < 4.78 is 0. The van der Waals surface area contributed by atoms with E-state index in [1.54, 1.807) is 0 Å². The third-order valence-electron chi connectivity index (χ3n) is 5.39. The Hall–Kier alpha value is -2.86. The number of piperazine rings is 1. The summed E-state index contributed by atoms with van der Waals surface area (Å²) in [5.74, 6) is 0.00982. The first-order valence-electron chi connectivity index (χ1n) is 10.7. The van der Waals surface area contributed by atoms with Crippen LogP contribution in [0.5, 0.6) is 0 Å². The standard InChI is InChI=1S/C24H32N4O2/c1-3-8-22(26-24(30)25-21-12-7-9-19(2)17-21)23(29)28-15-13-27(14-16-28)18-20-10-5-4-6-11-20/h4-7,9-12,17,22H,3,8,13-16,18H2,1-2H3,(H2,25,26,30). The molecule has 0 aromatic heterocycles. The lowest BCUT2D eigenvalue weighted by Crippen LogP contribution is -2.55. The summed E-state index contributed by atoms with van der Waals surface area (Å²) in [6, 6.07) is 17.2. The highest BCUT2D eigenvalue weighted by atomic mass is 16.2. The molecular formula is C24H32N4O2. The number of anilines is 1. The molecule has 0 aliphatic carbocycles. The third-order valence-corrected chi connectivity index (χ3v) is 5.39. The maximum absolute atomic E-state index is 13.1. The fraction of sp³-hybridized carbons (Fsp3) is 0.417. The van der Waals surface area contributed by atoms with Crippen molar-refractivity contribution < 1.29 is 9.59 Å².